The third-order valence-electron chi connectivity index (χ3n) is 2.23. The summed E-state index contributed by atoms with van der Waals surface area (Å²) in [5.74, 6) is -0.139. The zero-order valence-electron chi connectivity index (χ0n) is 9.19. The number of nitrogens with zero attached hydrogens (tertiary/aromatic N) is 1. The van der Waals surface area contributed by atoms with Gasteiger partial charge in [-0.1, -0.05) is 6.92 Å². The van der Waals surface area contributed by atoms with Crippen LogP contribution in [-0.4, -0.2) is 48.2 Å². The van der Waals surface area contributed by atoms with Gasteiger partial charge in [-0.3, -0.25) is 4.79 Å². The van der Waals surface area contributed by atoms with Crippen molar-refractivity contribution in [1.29, 1.82) is 0 Å². The molecule has 6 heteroatoms. The Labute approximate surface area is 89.4 Å². The van der Waals surface area contributed by atoms with E-state index in [0.717, 1.165) is 0 Å². The predicted molar refractivity (Wildman–Crippen MR) is 56.5 cm³/mol. The molecule has 6 nitrogen and oxygen atoms in total. The molecule has 0 heterocycles. The van der Waals surface area contributed by atoms with Gasteiger partial charge in [0, 0.05) is 19.6 Å². The number of nitrogens with one attached hydrogen (secondary N) is 1. The van der Waals surface area contributed by atoms with Gasteiger partial charge in [0.2, 0.25) is 5.91 Å². The van der Waals surface area contributed by atoms with Crippen LogP contribution in [-0.2, 0) is 4.79 Å². The normalized spacial score (nSPS) is 11.9. The number of nitrogens with two attached hydrogens (primary N) is 1. The summed E-state index contributed by atoms with van der Waals surface area (Å²) >= 11 is 0. The highest BCUT2D eigenvalue weighted by atomic mass is 16.4. The highest BCUT2D eigenvalue weighted by Crippen LogP contribution is 1.99. The van der Waals surface area contributed by atoms with E-state index in [1.165, 1.54) is 4.90 Å². The lowest BCUT2D eigenvalue weighted by Gasteiger charge is -2.20. The molecule has 4 N–H and O–H groups in total. The first-order chi connectivity index (χ1) is 7.01. The Bertz CT molecular complexity index is 221. The predicted octanol–water partition coefficient (Wildman–Crippen LogP) is -0.160. The molecule has 15 heavy (non-hydrogen) atoms. The second kappa shape index (κ2) is 7.05. The van der Waals surface area contributed by atoms with Crippen LogP contribution in [0.3, 0.4) is 0 Å². The maximum atomic E-state index is 11.1. The largest absolute Gasteiger partial charge is 0.465 e. The monoisotopic (exact) mass is 217 g/mol. The number of carbonyl (C=O) groups is 2. The van der Waals surface area contributed by atoms with Crippen LogP contribution in [0, 0.1) is 0 Å². The molecular formula is C9H19N3O3. The molecule has 0 saturated carbocycles. The number of amides is 2. The first-order valence-electron chi connectivity index (χ1n) is 4.94. The smallest absolute Gasteiger partial charge is 0.404 e. The van der Waals surface area contributed by atoms with Gasteiger partial charge >= 0.3 is 6.09 Å². The molecule has 2 amide bonds. The number of hydrogen-bond acceptors (Lipinski definition) is 3. The molecule has 88 valence electrons. The molecule has 0 aliphatic carbocycles. The Morgan fingerprint density at radius 2 is 2.13 bits per heavy atom. The second-order valence-corrected chi connectivity index (χ2v) is 3.36. The minimum atomic E-state index is -1.03. The highest BCUT2D eigenvalue weighted by Gasteiger charge is 2.12. The van der Waals surface area contributed by atoms with Crippen molar-refractivity contribution in [3.05, 3.63) is 0 Å². The van der Waals surface area contributed by atoms with Gasteiger partial charge in [-0.05, 0) is 12.8 Å². The lowest BCUT2D eigenvalue weighted by atomic mass is 10.1. The molecule has 1 atom stereocenters. The van der Waals surface area contributed by atoms with Crippen molar-refractivity contribution in [3.63, 3.8) is 0 Å². The second-order valence-electron chi connectivity index (χ2n) is 3.36. The van der Waals surface area contributed by atoms with E-state index >= 15 is 0 Å². The van der Waals surface area contributed by atoms with Crippen LogP contribution in [0.5, 0.6) is 0 Å². The maximum absolute atomic E-state index is 11.1. The van der Waals surface area contributed by atoms with E-state index < -0.39 is 6.09 Å². The van der Waals surface area contributed by atoms with Crippen molar-refractivity contribution in [2.75, 3.05) is 20.1 Å². The van der Waals surface area contributed by atoms with Crippen LogP contribution in [0.25, 0.3) is 0 Å². The molecule has 0 aromatic rings. The van der Waals surface area contributed by atoms with Crippen molar-refractivity contribution in [2.45, 2.75) is 25.8 Å². The van der Waals surface area contributed by atoms with Crippen LogP contribution in [0.4, 0.5) is 4.79 Å². The van der Waals surface area contributed by atoms with Crippen molar-refractivity contribution < 1.29 is 14.7 Å². The van der Waals surface area contributed by atoms with E-state index in [4.69, 9.17) is 10.8 Å². The van der Waals surface area contributed by atoms with E-state index in [1.54, 1.807) is 7.05 Å². The Morgan fingerprint density at radius 3 is 2.53 bits per heavy atom. The molecule has 0 fully saturated rings. The van der Waals surface area contributed by atoms with Gasteiger partial charge in [-0.15, -0.1) is 0 Å². The maximum Gasteiger partial charge on any atom is 0.404 e. The Morgan fingerprint density at radius 1 is 1.53 bits per heavy atom. The van der Waals surface area contributed by atoms with E-state index in [1.807, 2.05) is 6.92 Å². The minimum Gasteiger partial charge on any atom is -0.465 e. The first kappa shape index (κ1) is 13.7. The van der Waals surface area contributed by atoms with Crippen LogP contribution < -0.4 is 11.1 Å². The third kappa shape index (κ3) is 5.90. The van der Waals surface area contributed by atoms with Gasteiger partial charge in [0.1, 0.15) is 0 Å². The summed E-state index contributed by atoms with van der Waals surface area (Å²) < 4.78 is 0. The molecule has 0 radical (unpaired) electrons. The molecule has 0 aliphatic rings. The number of carboxylic acid groups (broad SMARTS) is 1. The van der Waals surface area contributed by atoms with Gasteiger partial charge < -0.3 is 21.1 Å². The Balaban J connectivity index is 3.89. The fourth-order valence-corrected chi connectivity index (χ4v) is 1.18. The van der Waals surface area contributed by atoms with E-state index in [2.05, 4.69) is 5.32 Å². The zero-order valence-corrected chi connectivity index (χ0v) is 9.19. The van der Waals surface area contributed by atoms with Crippen molar-refractivity contribution in [1.82, 2.24) is 10.2 Å². The van der Waals surface area contributed by atoms with Gasteiger partial charge in [-0.2, -0.15) is 0 Å². The molecular weight excluding hydrogens is 198 g/mol. The molecule has 1 unspecified atom stereocenters. The molecule has 0 saturated heterocycles. The molecule has 0 aromatic heterocycles. The molecule has 0 bridgehead atoms. The number of carbonyl (C=O) groups excluding carboxylic acids is 1. The van der Waals surface area contributed by atoms with Crippen LogP contribution in [0.15, 0.2) is 0 Å². The number of hydrogen-bond donors (Lipinski definition) is 3. The molecule has 0 aliphatic heterocycles. The van der Waals surface area contributed by atoms with Crippen molar-refractivity contribution >= 4 is 12.0 Å². The van der Waals surface area contributed by atoms with E-state index in [0.29, 0.717) is 19.4 Å². The lowest BCUT2D eigenvalue weighted by Crippen LogP contribution is -2.39. The Kier molecular flexibility index (Phi) is 6.44. The average Bonchev–Trinajstić information content (AvgIpc) is 2.21. The van der Waals surface area contributed by atoms with E-state index in [9.17, 15) is 9.59 Å². The summed E-state index contributed by atoms with van der Waals surface area (Å²) in [6.07, 6.45) is 0.275. The van der Waals surface area contributed by atoms with Crippen LogP contribution >= 0.6 is 0 Å². The summed E-state index contributed by atoms with van der Waals surface area (Å²) in [6.45, 7) is 2.39. The Hall–Kier alpha value is -1.30. The van der Waals surface area contributed by atoms with Gasteiger partial charge in [-0.25, -0.2) is 4.79 Å². The third-order valence-corrected chi connectivity index (χ3v) is 2.23. The summed E-state index contributed by atoms with van der Waals surface area (Å²) in [4.78, 5) is 23.0. The number of rotatable bonds is 6. The topological polar surface area (TPSA) is 95.7 Å². The standard InChI is InChI=1S/C9H19N3O3/c1-3-7(11-9(14)15)4-5-12(2)8(13)6-10/h7,11H,3-6,10H2,1-2H3,(H,14,15). The summed E-state index contributed by atoms with van der Waals surface area (Å²) in [6, 6.07) is -0.115. The zero-order chi connectivity index (χ0) is 11.8. The summed E-state index contributed by atoms with van der Waals surface area (Å²) in [7, 11) is 1.66. The molecule has 0 aromatic carbocycles. The summed E-state index contributed by atoms with van der Waals surface area (Å²) in [5.41, 5.74) is 5.19. The fraction of sp³-hybridized carbons (Fsp3) is 0.778. The van der Waals surface area contributed by atoms with E-state index in [-0.39, 0.29) is 18.5 Å². The highest BCUT2D eigenvalue weighted by molar-refractivity contribution is 5.77. The van der Waals surface area contributed by atoms with Gasteiger partial charge in [0.25, 0.3) is 0 Å². The van der Waals surface area contributed by atoms with Crippen molar-refractivity contribution in [3.8, 4) is 0 Å². The molecule has 0 rings (SSSR count). The molecule has 0 spiro atoms. The van der Waals surface area contributed by atoms with Gasteiger partial charge in [0.05, 0.1) is 6.54 Å². The first-order valence-corrected chi connectivity index (χ1v) is 4.94. The quantitative estimate of drug-likeness (QED) is 0.576. The summed E-state index contributed by atoms with van der Waals surface area (Å²) in [5, 5.41) is 10.9. The number of likely N-dealkylation sites (N-methyl/N-ethyl adjacent to an activating group) is 1. The average molecular weight is 217 g/mol. The van der Waals surface area contributed by atoms with Crippen LogP contribution in [0.2, 0.25) is 0 Å². The fourth-order valence-electron chi connectivity index (χ4n) is 1.18. The SMILES string of the molecule is CCC(CCN(C)C(=O)CN)NC(=O)O. The van der Waals surface area contributed by atoms with Crippen LogP contribution in [0.1, 0.15) is 19.8 Å². The van der Waals surface area contributed by atoms with Gasteiger partial charge in [0.15, 0.2) is 0 Å². The minimum absolute atomic E-state index is 0.0142. The lowest BCUT2D eigenvalue weighted by molar-refractivity contribution is -0.128. The van der Waals surface area contributed by atoms with Crippen molar-refractivity contribution in [2.24, 2.45) is 5.73 Å².